The van der Waals surface area contributed by atoms with Gasteiger partial charge in [-0.3, -0.25) is 9.59 Å². The van der Waals surface area contributed by atoms with Gasteiger partial charge in [0.2, 0.25) is 5.91 Å². The predicted molar refractivity (Wildman–Crippen MR) is 108 cm³/mol. The van der Waals surface area contributed by atoms with Crippen LogP contribution in [0.5, 0.6) is 0 Å². The first kappa shape index (κ1) is 23.2. The second-order valence-electron chi connectivity index (χ2n) is 6.33. The molecule has 2 unspecified atom stereocenters. The van der Waals surface area contributed by atoms with Gasteiger partial charge < -0.3 is 16.4 Å². The molecule has 0 aliphatic carbocycles. The van der Waals surface area contributed by atoms with Gasteiger partial charge in [-0.25, -0.2) is 9.69 Å². The third-order valence-electron chi connectivity index (χ3n) is 4.32. The number of nitrogens with one attached hydrogen (secondary N) is 2. The van der Waals surface area contributed by atoms with Crippen molar-refractivity contribution in [1.82, 2.24) is 10.6 Å². The van der Waals surface area contributed by atoms with Gasteiger partial charge in [-0.05, 0) is 37.1 Å². The molecule has 0 spiro atoms. The normalized spacial score (nSPS) is 17.3. The lowest BCUT2D eigenvalue weighted by atomic mass is 10.1. The van der Waals surface area contributed by atoms with Gasteiger partial charge in [0, 0.05) is 24.0 Å². The van der Waals surface area contributed by atoms with E-state index in [1.807, 2.05) is 0 Å². The van der Waals surface area contributed by atoms with Gasteiger partial charge in [-0.2, -0.15) is 0 Å². The van der Waals surface area contributed by atoms with Crippen LogP contribution in [-0.4, -0.2) is 36.5 Å². The molecule has 2 rings (SSSR count). The van der Waals surface area contributed by atoms with Crippen molar-refractivity contribution in [2.75, 3.05) is 11.4 Å². The number of benzene rings is 1. The van der Waals surface area contributed by atoms with Crippen molar-refractivity contribution in [1.29, 1.82) is 0 Å². The fourth-order valence-corrected chi connectivity index (χ4v) is 2.96. The topological polar surface area (TPSA) is 105 Å². The number of urea groups is 1. The smallest absolute Gasteiger partial charge is 0.329 e. The molecule has 9 heteroatoms. The average Bonchev–Trinajstić information content (AvgIpc) is 2.91. The van der Waals surface area contributed by atoms with Crippen molar-refractivity contribution in [3.8, 4) is 0 Å². The Morgan fingerprint density at radius 2 is 2.00 bits per heavy atom. The number of hydrogen-bond donors (Lipinski definition) is 3. The summed E-state index contributed by atoms with van der Waals surface area (Å²) in [7, 11) is 0. The Morgan fingerprint density at radius 1 is 1.33 bits per heavy atom. The lowest BCUT2D eigenvalue weighted by Gasteiger charge is -2.17. The van der Waals surface area contributed by atoms with Crippen molar-refractivity contribution in [2.24, 2.45) is 5.73 Å². The van der Waals surface area contributed by atoms with Crippen molar-refractivity contribution in [2.45, 2.75) is 51.1 Å². The fraction of sp³-hybridized carbons (Fsp3) is 0.500. The van der Waals surface area contributed by atoms with Crippen LogP contribution in [0.4, 0.5) is 10.5 Å². The SMILES string of the molecule is CCCCC(CN)NC(=O)CCC1NC(=O)N(c2ccc(Cl)cc2)C1=O.Cl. The zero-order chi connectivity index (χ0) is 19.1. The highest BCUT2D eigenvalue weighted by atomic mass is 35.5. The van der Waals surface area contributed by atoms with E-state index in [2.05, 4.69) is 17.6 Å². The highest BCUT2D eigenvalue weighted by Gasteiger charge is 2.38. The second kappa shape index (κ2) is 11.1. The summed E-state index contributed by atoms with van der Waals surface area (Å²) in [6, 6.07) is 5.18. The maximum atomic E-state index is 12.5. The lowest BCUT2D eigenvalue weighted by Crippen LogP contribution is -2.41. The Balaban J connectivity index is 0.00000364. The summed E-state index contributed by atoms with van der Waals surface area (Å²) in [4.78, 5) is 37.8. The summed E-state index contributed by atoms with van der Waals surface area (Å²) in [5.41, 5.74) is 6.12. The van der Waals surface area contributed by atoms with Crippen LogP contribution in [0.25, 0.3) is 0 Å². The minimum atomic E-state index is -0.712. The van der Waals surface area contributed by atoms with Crippen LogP contribution < -0.4 is 21.3 Å². The van der Waals surface area contributed by atoms with E-state index in [9.17, 15) is 14.4 Å². The van der Waals surface area contributed by atoms with Gasteiger partial charge in [0.05, 0.1) is 5.69 Å². The summed E-state index contributed by atoms with van der Waals surface area (Å²) >= 11 is 5.83. The summed E-state index contributed by atoms with van der Waals surface area (Å²) < 4.78 is 0. The minimum Gasteiger partial charge on any atom is -0.352 e. The van der Waals surface area contributed by atoms with Crippen LogP contribution in [0, 0.1) is 0 Å². The average molecular weight is 417 g/mol. The molecule has 0 radical (unpaired) electrons. The molecule has 1 aromatic carbocycles. The lowest BCUT2D eigenvalue weighted by molar-refractivity contribution is -0.122. The quantitative estimate of drug-likeness (QED) is 0.537. The largest absolute Gasteiger partial charge is 0.352 e. The van der Waals surface area contributed by atoms with E-state index in [1.165, 1.54) is 0 Å². The maximum Gasteiger partial charge on any atom is 0.329 e. The molecule has 1 aliphatic heterocycles. The number of nitrogens with two attached hydrogens (primary N) is 1. The molecule has 7 nitrogen and oxygen atoms in total. The molecule has 4 amide bonds. The minimum absolute atomic E-state index is 0. The molecule has 4 N–H and O–H groups in total. The van der Waals surface area contributed by atoms with Crippen LogP contribution in [-0.2, 0) is 9.59 Å². The number of carbonyl (C=O) groups is 3. The van der Waals surface area contributed by atoms with E-state index in [0.717, 1.165) is 24.2 Å². The fourth-order valence-electron chi connectivity index (χ4n) is 2.84. The van der Waals surface area contributed by atoms with E-state index < -0.39 is 12.1 Å². The predicted octanol–water partition coefficient (Wildman–Crippen LogP) is 2.60. The molecular weight excluding hydrogens is 391 g/mol. The summed E-state index contributed by atoms with van der Waals surface area (Å²) in [5.74, 6) is -0.532. The zero-order valence-electron chi connectivity index (χ0n) is 15.2. The molecule has 0 saturated carbocycles. The number of rotatable bonds is 9. The van der Waals surface area contributed by atoms with Gasteiger partial charge in [-0.15, -0.1) is 12.4 Å². The number of unbranched alkanes of at least 4 members (excludes halogenated alkanes) is 1. The highest BCUT2D eigenvalue weighted by molar-refractivity contribution is 6.30. The van der Waals surface area contributed by atoms with E-state index in [4.69, 9.17) is 17.3 Å². The van der Waals surface area contributed by atoms with E-state index in [1.54, 1.807) is 24.3 Å². The molecule has 1 saturated heterocycles. The van der Waals surface area contributed by atoms with Gasteiger partial charge in [0.1, 0.15) is 6.04 Å². The Bertz CT molecular complexity index is 655. The Hall–Kier alpha value is -1.83. The molecule has 1 aromatic rings. The van der Waals surface area contributed by atoms with Crippen LogP contribution >= 0.6 is 24.0 Å². The van der Waals surface area contributed by atoms with Crippen molar-refractivity contribution < 1.29 is 14.4 Å². The molecule has 0 bridgehead atoms. The number of imide groups is 1. The number of halogens is 2. The van der Waals surface area contributed by atoms with E-state index in [0.29, 0.717) is 17.3 Å². The van der Waals surface area contributed by atoms with Crippen LogP contribution in [0.15, 0.2) is 24.3 Å². The maximum absolute atomic E-state index is 12.5. The molecule has 0 aromatic heterocycles. The molecule has 2 atom stereocenters. The van der Waals surface area contributed by atoms with E-state index >= 15 is 0 Å². The monoisotopic (exact) mass is 416 g/mol. The first-order valence-electron chi connectivity index (χ1n) is 8.85. The molecule has 1 heterocycles. The third-order valence-corrected chi connectivity index (χ3v) is 4.57. The first-order chi connectivity index (χ1) is 12.5. The number of hydrogen-bond acceptors (Lipinski definition) is 4. The Labute approximate surface area is 170 Å². The van der Waals surface area contributed by atoms with Gasteiger partial charge in [0.15, 0.2) is 0 Å². The van der Waals surface area contributed by atoms with E-state index in [-0.39, 0.29) is 43.1 Å². The van der Waals surface area contributed by atoms with Crippen LogP contribution in [0.2, 0.25) is 5.02 Å². The van der Waals surface area contributed by atoms with Crippen LogP contribution in [0.1, 0.15) is 39.0 Å². The zero-order valence-corrected chi connectivity index (χ0v) is 16.8. The molecule has 1 aliphatic rings. The summed E-state index contributed by atoms with van der Waals surface area (Å²) in [6.07, 6.45) is 3.26. The molecule has 150 valence electrons. The molecule has 1 fully saturated rings. The van der Waals surface area contributed by atoms with Crippen molar-refractivity contribution in [3.63, 3.8) is 0 Å². The number of amides is 4. The molecule has 27 heavy (non-hydrogen) atoms. The second-order valence-corrected chi connectivity index (χ2v) is 6.77. The summed E-state index contributed by atoms with van der Waals surface area (Å²) in [5, 5.41) is 6.03. The van der Waals surface area contributed by atoms with Crippen LogP contribution in [0.3, 0.4) is 0 Å². The Morgan fingerprint density at radius 3 is 2.59 bits per heavy atom. The van der Waals surface area contributed by atoms with Crippen molar-refractivity contribution >= 4 is 47.5 Å². The number of nitrogens with zero attached hydrogens (tertiary/aromatic N) is 1. The Kier molecular flexibility index (Phi) is 9.55. The number of anilines is 1. The standard InChI is InChI=1S/C18H25ClN4O3.ClH/c1-2-3-4-13(11-20)21-16(24)10-9-15-17(25)23(18(26)22-15)14-7-5-12(19)6-8-14;/h5-8,13,15H,2-4,9-11,20H2,1H3,(H,21,24)(H,22,26);1H. The van der Waals surface area contributed by atoms with Gasteiger partial charge in [-0.1, -0.05) is 31.4 Å². The third kappa shape index (κ3) is 6.37. The van der Waals surface area contributed by atoms with Crippen molar-refractivity contribution in [3.05, 3.63) is 29.3 Å². The highest BCUT2D eigenvalue weighted by Crippen LogP contribution is 2.23. The number of carbonyl (C=O) groups excluding carboxylic acids is 3. The first-order valence-corrected chi connectivity index (χ1v) is 9.23. The summed E-state index contributed by atoms with van der Waals surface area (Å²) in [6.45, 7) is 2.46. The van der Waals surface area contributed by atoms with Gasteiger partial charge >= 0.3 is 6.03 Å². The van der Waals surface area contributed by atoms with Gasteiger partial charge in [0.25, 0.3) is 5.91 Å². The molecular formula is C18H26Cl2N4O3.